The van der Waals surface area contributed by atoms with Gasteiger partial charge in [-0.05, 0) is 64.4 Å². The number of aliphatic hydroxyl groups is 1. The maximum absolute atomic E-state index is 13.4. The van der Waals surface area contributed by atoms with Gasteiger partial charge in [0, 0.05) is 35.6 Å². The van der Waals surface area contributed by atoms with Crippen LogP contribution in [0, 0.1) is 19.3 Å². The maximum atomic E-state index is 13.4. The Morgan fingerprint density at radius 1 is 1.26 bits per heavy atom. The number of piperidine rings is 2. The Kier molecular flexibility index (Phi) is 4.68. The van der Waals surface area contributed by atoms with Gasteiger partial charge in [-0.1, -0.05) is 12.1 Å². The fraction of sp³-hybridized carbons (Fsp3) is 0.545. The zero-order valence-corrected chi connectivity index (χ0v) is 16.5. The molecule has 2 aliphatic heterocycles. The van der Waals surface area contributed by atoms with E-state index >= 15 is 0 Å². The number of benzene rings is 1. The van der Waals surface area contributed by atoms with Crippen molar-refractivity contribution in [2.24, 2.45) is 5.41 Å². The number of hydrogen-bond acceptors (Lipinski definition) is 4. The Bertz CT molecular complexity index is 876. The summed E-state index contributed by atoms with van der Waals surface area (Å²) in [6.07, 6.45) is 3.04. The van der Waals surface area contributed by atoms with E-state index in [4.69, 9.17) is 0 Å². The van der Waals surface area contributed by atoms with Gasteiger partial charge in [0.05, 0.1) is 17.7 Å². The standard InChI is InChI=1S/C22H29N3O2/c1-15-5-6-17-18(12-16(2)23-19(17)11-15)21(27)25-10-8-22(14-26)7-4-9-24(3)20(22)13-25/h5-6,11-12,20,26H,4,7-10,13-14H2,1-3H3/t20-,22-/m1/s1. The molecule has 1 aromatic heterocycles. The van der Waals surface area contributed by atoms with E-state index in [-0.39, 0.29) is 24.0 Å². The molecule has 0 unspecified atom stereocenters. The number of carbonyl (C=O) groups excluding carboxylic acids is 1. The Labute approximate surface area is 161 Å². The zero-order valence-electron chi connectivity index (χ0n) is 16.5. The van der Waals surface area contributed by atoms with Crippen molar-refractivity contribution in [1.82, 2.24) is 14.8 Å². The largest absolute Gasteiger partial charge is 0.396 e. The predicted octanol–water partition coefficient (Wildman–Crippen LogP) is 2.77. The van der Waals surface area contributed by atoms with E-state index in [2.05, 4.69) is 16.9 Å². The maximum Gasteiger partial charge on any atom is 0.254 e. The number of fused-ring (bicyclic) bond motifs is 2. The molecule has 1 N–H and O–H groups in total. The smallest absolute Gasteiger partial charge is 0.254 e. The second-order valence-electron chi connectivity index (χ2n) is 8.45. The minimum Gasteiger partial charge on any atom is -0.396 e. The predicted molar refractivity (Wildman–Crippen MR) is 107 cm³/mol. The highest BCUT2D eigenvalue weighted by atomic mass is 16.3. The molecule has 4 rings (SSSR count). The van der Waals surface area contributed by atoms with E-state index in [1.165, 1.54) is 0 Å². The molecule has 2 aliphatic rings. The van der Waals surface area contributed by atoms with Gasteiger partial charge in [0.1, 0.15) is 0 Å². The van der Waals surface area contributed by atoms with Crippen LogP contribution in [-0.4, -0.2) is 65.1 Å². The molecule has 2 saturated heterocycles. The Balaban J connectivity index is 1.67. The van der Waals surface area contributed by atoms with Crippen molar-refractivity contribution < 1.29 is 9.90 Å². The van der Waals surface area contributed by atoms with Crippen molar-refractivity contribution in [3.63, 3.8) is 0 Å². The van der Waals surface area contributed by atoms with E-state index in [1.807, 2.05) is 43.0 Å². The molecule has 0 spiro atoms. The summed E-state index contributed by atoms with van der Waals surface area (Å²) >= 11 is 0. The number of nitrogens with zero attached hydrogens (tertiary/aromatic N) is 3. The van der Waals surface area contributed by atoms with Crippen molar-refractivity contribution >= 4 is 16.8 Å². The molecule has 1 amide bonds. The molecule has 0 aliphatic carbocycles. The summed E-state index contributed by atoms with van der Waals surface area (Å²) in [5.74, 6) is 0.0832. The third-order valence-corrected chi connectivity index (χ3v) is 6.62. The highest BCUT2D eigenvalue weighted by Crippen LogP contribution is 2.41. The molecule has 1 aromatic carbocycles. The highest BCUT2D eigenvalue weighted by Gasteiger charge is 2.47. The lowest BCUT2D eigenvalue weighted by molar-refractivity contribution is -0.0601. The Morgan fingerprint density at radius 2 is 2.07 bits per heavy atom. The lowest BCUT2D eigenvalue weighted by atomic mass is 9.69. The number of pyridine rings is 1. The first-order valence-corrected chi connectivity index (χ1v) is 9.92. The van der Waals surface area contributed by atoms with Gasteiger partial charge in [-0.15, -0.1) is 0 Å². The average Bonchev–Trinajstić information content (AvgIpc) is 2.66. The molecule has 5 heteroatoms. The van der Waals surface area contributed by atoms with Gasteiger partial charge in [0.25, 0.3) is 5.91 Å². The van der Waals surface area contributed by atoms with Crippen molar-refractivity contribution in [2.75, 3.05) is 33.3 Å². The molecule has 144 valence electrons. The normalized spacial score (nSPS) is 26.2. The van der Waals surface area contributed by atoms with Crippen LogP contribution in [-0.2, 0) is 0 Å². The first-order chi connectivity index (χ1) is 12.9. The van der Waals surface area contributed by atoms with Crippen LogP contribution in [0.3, 0.4) is 0 Å². The molecule has 0 radical (unpaired) electrons. The SMILES string of the molecule is Cc1ccc2c(C(=O)N3CC[C@@]4(CO)CCCN(C)[C@@H]4C3)cc(C)nc2c1. The van der Waals surface area contributed by atoms with Gasteiger partial charge in [0.15, 0.2) is 0 Å². The second kappa shape index (κ2) is 6.88. The summed E-state index contributed by atoms with van der Waals surface area (Å²) in [6.45, 7) is 6.62. The first kappa shape index (κ1) is 18.4. The monoisotopic (exact) mass is 367 g/mol. The summed E-state index contributed by atoms with van der Waals surface area (Å²) in [4.78, 5) is 22.4. The van der Waals surface area contributed by atoms with E-state index in [1.54, 1.807) is 0 Å². The number of carbonyl (C=O) groups is 1. The van der Waals surface area contributed by atoms with Crippen LogP contribution in [0.4, 0.5) is 0 Å². The third-order valence-electron chi connectivity index (χ3n) is 6.62. The number of hydrogen-bond donors (Lipinski definition) is 1. The lowest BCUT2D eigenvalue weighted by Gasteiger charge is -2.53. The molecule has 5 nitrogen and oxygen atoms in total. The highest BCUT2D eigenvalue weighted by molar-refractivity contribution is 6.06. The molecule has 2 aromatic rings. The Morgan fingerprint density at radius 3 is 2.85 bits per heavy atom. The van der Waals surface area contributed by atoms with Crippen molar-refractivity contribution in [3.05, 3.63) is 41.1 Å². The van der Waals surface area contributed by atoms with Crippen molar-refractivity contribution in [2.45, 2.75) is 39.2 Å². The number of aliphatic hydroxyl groups excluding tert-OH is 1. The zero-order chi connectivity index (χ0) is 19.2. The fourth-order valence-corrected chi connectivity index (χ4v) is 5.02. The fourth-order valence-electron chi connectivity index (χ4n) is 5.02. The number of amides is 1. The van der Waals surface area contributed by atoms with Crippen LogP contribution in [0.1, 0.15) is 40.9 Å². The summed E-state index contributed by atoms with van der Waals surface area (Å²) in [5, 5.41) is 11.0. The molecule has 0 saturated carbocycles. The van der Waals surface area contributed by atoms with Crippen LogP contribution in [0.15, 0.2) is 24.3 Å². The quantitative estimate of drug-likeness (QED) is 0.887. The van der Waals surface area contributed by atoms with Gasteiger partial charge >= 0.3 is 0 Å². The molecule has 3 heterocycles. The molecule has 2 fully saturated rings. The van der Waals surface area contributed by atoms with Crippen molar-refractivity contribution in [3.8, 4) is 0 Å². The molecule has 0 bridgehead atoms. The minimum absolute atomic E-state index is 0.0584. The minimum atomic E-state index is -0.0584. The van der Waals surface area contributed by atoms with Crippen molar-refractivity contribution in [1.29, 1.82) is 0 Å². The summed E-state index contributed by atoms with van der Waals surface area (Å²) in [5.41, 5.74) is 3.58. The van der Waals surface area contributed by atoms with Crippen LogP contribution < -0.4 is 0 Å². The van der Waals surface area contributed by atoms with Gasteiger partial charge in [-0.25, -0.2) is 0 Å². The van der Waals surface area contributed by atoms with Crippen LogP contribution in [0.2, 0.25) is 0 Å². The number of likely N-dealkylation sites (tertiary alicyclic amines) is 2. The van der Waals surface area contributed by atoms with E-state index in [0.717, 1.165) is 53.5 Å². The number of aromatic nitrogens is 1. The van der Waals surface area contributed by atoms with E-state index in [9.17, 15) is 9.90 Å². The van der Waals surface area contributed by atoms with Crippen LogP contribution >= 0.6 is 0 Å². The summed E-state index contributed by atoms with van der Waals surface area (Å²) < 4.78 is 0. The van der Waals surface area contributed by atoms with E-state index in [0.29, 0.717) is 13.1 Å². The van der Waals surface area contributed by atoms with E-state index < -0.39 is 0 Å². The van der Waals surface area contributed by atoms with Gasteiger partial charge in [0.2, 0.25) is 0 Å². The van der Waals surface area contributed by atoms with Gasteiger partial charge in [-0.3, -0.25) is 9.78 Å². The molecular formula is C22H29N3O2. The first-order valence-electron chi connectivity index (χ1n) is 9.92. The second-order valence-corrected chi connectivity index (χ2v) is 8.45. The molecule has 27 heavy (non-hydrogen) atoms. The molecule has 2 atom stereocenters. The Hall–Kier alpha value is -1.98. The van der Waals surface area contributed by atoms with Crippen LogP contribution in [0.25, 0.3) is 10.9 Å². The van der Waals surface area contributed by atoms with Crippen LogP contribution in [0.5, 0.6) is 0 Å². The summed E-state index contributed by atoms with van der Waals surface area (Å²) in [7, 11) is 2.12. The topological polar surface area (TPSA) is 56.7 Å². The number of aryl methyl sites for hydroxylation is 2. The van der Waals surface area contributed by atoms with Gasteiger partial charge < -0.3 is 14.9 Å². The average molecular weight is 367 g/mol. The summed E-state index contributed by atoms with van der Waals surface area (Å²) in [6, 6.07) is 8.24. The third kappa shape index (κ3) is 3.13. The van der Waals surface area contributed by atoms with Gasteiger partial charge in [-0.2, -0.15) is 0 Å². The molecular weight excluding hydrogens is 338 g/mol. The number of likely N-dealkylation sites (N-methyl/N-ethyl adjacent to an activating group) is 1. The number of rotatable bonds is 2. The lowest BCUT2D eigenvalue weighted by Crippen LogP contribution is -2.62.